The molecule has 2 aliphatic heterocycles. The molecule has 0 saturated carbocycles. The van der Waals surface area contributed by atoms with Crippen LogP contribution in [0.25, 0.3) is 11.5 Å². The van der Waals surface area contributed by atoms with Gasteiger partial charge < -0.3 is 18.7 Å². The van der Waals surface area contributed by atoms with Gasteiger partial charge >= 0.3 is 0 Å². The van der Waals surface area contributed by atoms with Gasteiger partial charge in [0.05, 0.1) is 23.7 Å². The lowest BCUT2D eigenvalue weighted by Crippen LogP contribution is -2.50. The number of amides is 2. The van der Waals surface area contributed by atoms with Crippen molar-refractivity contribution in [3.05, 3.63) is 47.6 Å². The third-order valence-corrected chi connectivity index (χ3v) is 5.56. The topological polar surface area (TPSA) is 97.6 Å². The lowest BCUT2D eigenvalue weighted by atomic mass is 10.1. The van der Waals surface area contributed by atoms with E-state index >= 15 is 0 Å². The number of fused-ring (bicyclic) bond motifs is 1. The highest BCUT2D eigenvalue weighted by molar-refractivity contribution is 5.96. The maximum atomic E-state index is 12.9. The molecule has 0 N–H and O–H groups in total. The van der Waals surface area contributed by atoms with Crippen LogP contribution in [0, 0.1) is 0 Å². The quantitative estimate of drug-likeness (QED) is 0.673. The van der Waals surface area contributed by atoms with Gasteiger partial charge in [-0.3, -0.25) is 14.3 Å². The summed E-state index contributed by atoms with van der Waals surface area (Å²) in [4.78, 5) is 29.2. The number of carbonyl (C=O) groups is 2. The molecule has 3 aromatic heterocycles. The van der Waals surface area contributed by atoms with Crippen molar-refractivity contribution in [1.29, 1.82) is 0 Å². The summed E-state index contributed by atoms with van der Waals surface area (Å²) in [6.45, 7) is 2.76. The second-order valence-corrected chi connectivity index (χ2v) is 7.32. The van der Waals surface area contributed by atoms with E-state index in [1.165, 1.54) is 6.26 Å². The molecule has 1 saturated heterocycles. The van der Waals surface area contributed by atoms with E-state index in [0.717, 1.165) is 31.5 Å². The van der Waals surface area contributed by atoms with Crippen LogP contribution in [0.15, 0.2) is 39.6 Å². The Bertz CT molecular complexity index is 1030. The normalized spacial score (nSPS) is 16.7. The number of carbonyl (C=O) groups excluding carboxylic acids is 2. The fourth-order valence-corrected chi connectivity index (χ4v) is 3.96. The summed E-state index contributed by atoms with van der Waals surface area (Å²) in [6, 6.07) is 5.07. The lowest BCUT2D eigenvalue weighted by molar-refractivity contribution is 0.0529. The van der Waals surface area contributed by atoms with E-state index in [1.54, 1.807) is 34.2 Å². The van der Waals surface area contributed by atoms with Crippen LogP contribution in [-0.2, 0) is 13.0 Å². The Balaban J connectivity index is 1.23. The molecule has 9 heteroatoms. The summed E-state index contributed by atoms with van der Waals surface area (Å²) >= 11 is 0. The molecule has 0 aliphatic carbocycles. The predicted molar refractivity (Wildman–Crippen MR) is 101 cm³/mol. The van der Waals surface area contributed by atoms with Crippen LogP contribution in [0.3, 0.4) is 0 Å². The molecule has 2 aliphatic rings. The first kappa shape index (κ1) is 17.7. The monoisotopic (exact) mass is 395 g/mol. The van der Waals surface area contributed by atoms with E-state index in [9.17, 15) is 9.59 Å². The minimum atomic E-state index is -0.207. The lowest BCUT2D eigenvalue weighted by Gasteiger charge is -2.34. The van der Waals surface area contributed by atoms with Gasteiger partial charge in [-0.15, -0.1) is 0 Å². The number of piperazine rings is 1. The minimum absolute atomic E-state index is 0.00166. The van der Waals surface area contributed by atoms with Crippen LogP contribution in [0.4, 0.5) is 0 Å². The molecule has 1 fully saturated rings. The van der Waals surface area contributed by atoms with Crippen LogP contribution in [0.1, 0.15) is 39.4 Å². The molecule has 0 radical (unpaired) electrons. The van der Waals surface area contributed by atoms with Crippen LogP contribution in [-0.4, -0.2) is 62.7 Å². The third kappa shape index (κ3) is 3.22. The van der Waals surface area contributed by atoms with E-state index in [1.807, 2.05) is 4.68 Å². The van der Waals surface area contributed by atoms with Gasteiger partial charge in [-0.1, -0.05) is 5.16 Å². The van der Waals surface area contributed by atoms with E-state index in [0.29, 0.717) is 43.3 Å². The molecule has 150 valence electrons. The zero-order valence-electron chi connectivity index (χ0n) is 15.9. The van der Waals surface area contributed by atoms with Crippen molar-refractivity contribution in [2.75, 3.05) is 26.2 Å². The highest BCUT2D eigenvalue weighted by Crippen LogP contribution is 2.23. The maximum Gasteiger partial charge on any atom is 0.276 e. The van der Waals surface area contributed by atoms with Crippen molar-refractivity contribution in [1.82, 2.24) is 24.7 Å². The van der Waals surface area contributed by atoms with Gasteiger partial charge in [-0.05, 0) is 31.4 Å². The zero-order chi connectivity index (χ0) is 19.8. The average molecular weight is 395 g/mol. The Kier molecular flexibility index (Phi) is 4.42. The molecule has 0 bridgehead atoms. The van der Waals surface area contributed by atoms with Crippen LogP contribution >= 0.6 is 0 Å². The van der Waals surface area contributed by atoms with Crippen LogP contribution < -0.4 is 0 Å². The summed E-state index contributed by atoms with van der Waals surface area (Å²) in [7, 11) is 0. The Morgan fingerprint density at radius 3 is 2.52 bits per heavy atom. The molecule has 3 aromatic rings. The SMILES string of the molecule is O=C(c1cc(-c2ccco2)on1)N1CCN(C(=O)c2cnn3c2CCCC3)CC1. The Labute approximate surface area is 166 Å². The maximum absolute atomic E-state index is 12.9. The molecule has 0 atom stereocenters. The molecular formula is C20H21N5O4. The van der Waals surface area contributed by atoms with Gasteiger partial charge in [0.25, 0.3) is 11.8 Å². The zero-order valence-corrected chi connectivity index (χ0v) is 15.9. The fourth-order valence-electron chi connectivity index (χ4n) is 3.96. The number of aryl methyl sites for hydroxylation is 1. The second kappa shape index (κ2) is 7.23. The van der Waals surface area contributed by atoms with Gasteiger partial charge in [-0.25, -0.2) is 0 Å². The van der Waals surface area contributed by atoms with Crippen LogP contribution in [0.5, 0.6) is 0 Å². The smallest absolute Gasteiger partial charge is 0.276 e. The van der Waals surface area contributed by atoms with E-state index in [4.69, 9.17) is 8.94 Å². The molecule has 0 unspecified atom stereocenters. The Morgan fingerprint density at radius 2 is 1.76 bits per heavy atom. The van der Waals surface area contributed by atoms with Gasteiger partial charge in [0.2, 0.25) is 5.76 Å². The molecular weight excluding hydrogens is 374 g/mol. The number of hydrogen-bond donors (Lipinski definition) is 0. The van der Waals surface area contributed by atoms with E-state index < -0.39 is 0 Å². The van der Waals surface area contributed by atoms with E-state index in [2.05, 4.69) is 10.3 Å². The van der Waals surface area contributed by atoms with Gasteiger partial charge in [0.1, 0.15) is 0 Å². The molecule has 0 spiro atoms. The molecule has 2 amide bonds. The van der Waals surface area contributed by atoms with Crippen molar-refractivity contribution < 1.29 is 18.5 Å². The van der Waals surface area contributed by atoms with Crippen LogP contribution in [0.2, 0.25) is 0 Å². The van der Waals surface area contributed by atoms with Gasteiger partial charge in [0.15, 0.2) is 11.5 Å². The number of aromatic nitrogens is 3. The molecule has 0 aromatic carbocycles. The Morgan fingerprint density at radius 1 is 0.966 bits per heavy atom. The standard InChI is InChI=1S/C20H21N5O4/c26-19(14-13-21-25-6-2-1-4-16(14)25)23-7-9-24(10-8-23)20(27)15-12-18(29-22-15)17-5-3-11-28-17/h3,5,11-13H,1-2,4,6-10H2. The summed E-state index contributed by atoms with van der Waals surface area (Å²) < 4.78 is 12.4. The second-order valence-electron chi connectivity index (χ2n) is 7.32. The highest BCUT2D eigenvalue weighted by Gasteiger charge is 2.29. The van der Waals surface area contributed by atoms with E-state index in [-0.39, 0.29) is 17.5 Å². The predicted octanol–water partition coefficient (Wildman–Crippen LogP) is 2.07. The summed E-state index contributed by atoms with van der Waals surface area (Å²) in [6.07, 6.45) is 6.31. The van der Waals surface area contributed by atoms with Crippen molar-refractivity contribution in [2.45, 2.75) is 25.8 Å². The first-order valence-electron chi connectivity index (χ1n) is 9.84. The number of hydrogen-bond acceptors (Lipinski definition) is 6. The van der Waals surface area contributed by atoms with Gasteiger partial charge in [-0.2, -0.15) is 5.10 Å². The fraction of sp³-hybridized carbons (Fsp3) is 0.400. The first-order valence-corrected chi connectivity index (χ1v) is 9.84. The molecule has 9 nitrogen and oxygen atoms in total. The average Bonchev–Trinajstić information content (AvgIpc) is 3.53. The highest BCUT2D eigenvalue weighted by atomic mass is 16.5. The molecule has 29 heavy (non-hydrogen) atoms. The van der Waals surface area contributed by atoms with Crippen molar-refractivity contribution in [2.24, 2.45) is 0 Å². The minimum Gasteiger partial charge on any atom is -0.461 e. The number of rotatable bonds is 3. The molecule has 5 heterocycles. The Hall–Kier alpha value is -3.36. The summed E-state index contributed by atoms with van der Waals surface area (Å²) in [5.74, 6) is 0.734. The van der Waals surface area contributed by atoms with Crippen molar-refractivity contribution in [3.8, 4) is 11.5 Å². The summed E-state index contributed by atoms with van der Waals surface area (Å²) in [5.41, 5.74) is 1.97. The summed E-state index contributed by atoms with van der Waals surface area (Å²) in [5, 5.41) is 8.23. The third-order valence-electron chi connectivity index (χ3n) is 5.56. The molecule has 5 rings (SSSR count). The largest absolute Gasteiger partial charge is 0.461 e. The number of furan rings is 1. The van der Waals surface area contributed by atoms with Crippen molar-refractivity contribution in [3.63, 3.8) is 0 Å². The first-order chi connectivity index (χ1) is 14.2. The van der Waals surface area contributed by atoms with Crippen molar-refractivity contribution >= 4 is 11.8 Å². The number of nitrogens with zero attached hydrogens (tertiary/aromatic N) is 5. The van der Waals surface area contributed by atoms with Gasteiger partial charge in [0, 0.05) is 38.8 Å².